The molecule has 5 heteroatoms. The Balaban J connectivity index is 1.76. The van der Waals surface area contributed by atoms with Crippen molar-refractivity contribution in [3.05, 3.63) is 65.4 Å². The molecule has 1 aromatic heterocycles. The first kappa shape index (κ1) is 17.0. The third-order valence-corrected chi connectivity index (χ3v) is 4.09. The summed E-state index contributed by atoms with van der Waals surface area (Å²) in [6.45, 7) is 1.25. The van der Waals surface area contributed by atoms with Crippen LogP contribution >= 0.6 is 0 Å². The van der Waals surface area contributed by atoms with E-state index in [9.17, 15) is 4.79 Å². The monoisotopic (exact) mass is 338 g/mol. The van der Waals surface area contributed by atoms with Gasteiger partial charge in [0.15, 0.2) is 17.1 Å². The second-order valence-electron chi connectivity index (χ2n) is 5.80. The lowest BCUT2D eigenvalue weighted by atomic mass is 10.1. The van der Waals surface area contributed by atoms with Gasteiger partial charge in [-0.15, -0.1) is 0 Å². The first-order valence-electron chi connectivity index (χ1n) is 8.29. The third kappa shape index (κ3) is 3.83. The zero-order chi connectivity index (χ0) is 17.6. The minimum Gasteiger partial charge on any atom is -0.493 e. The van der Waals surface area contributed by atoms with Crippen molar-refractivity contribution in [2.75, 3.05) is 20.7 Å². The van der Waals surface area contributed by atoms with Crippen LogP contribution in [0.1, 0.15) is 21.7 Å². The van der Waals surface area contributed by atoms with Gasteiger partial charge in [-0.05, 0) is 36.7 Å². The van der Waals surface area contributed by atoms with Crippen molar-refractivity contribution < 1.29 is 13.9 Å². The van der Waals surface area contributed by atoms with Crippen molar-refractivity contribution in [1.29, 1.82) is 0 Å². The molecule has 0 unspecified atom stereocenters. The van der Waals surface area contributed by atoms with Gasteiger partial charge < -0.3 is 19.8 Å². The smallest absolute Gasteiger partial charge is 0.287 e. The molecule has 0 saturated heterocycles. The van der Waals surface area contributed by atoms with Gasteiger partial charge >= 0.3 is 0 Å². The van der Waals surface area contributed by atoms with Crippen molar-refractivity contribution >= 4 is 16.9 Å². The fraction of sp³-hybridized carbons (Fsp3) is 0.250. The third-order valence-electron chi connectivity index (χ3n) is 4.09. The predicted molar refractivity (Wildman–Crippen MR) is 98.0 cm³/mol. The summed E-state index contributed by atoms with van der Waals surface area (Å²) in [6.07, 6.45) is 0.779. The second kappa shape index (κ2) is 7.85. The number of furan rings is 1. The topological polar surface area (TPSA) is 63.5 Å². The van der Waals surface area contributed by atoms with E-state index in [-0.39, 0.29) is 5.91 Å². The van der Waals surface area contributed by atoms with Crippen molar-refractivity contribution in [2.24, 2.45) is 0 Å². The van der Waals surface area contributed by atoms with Gasteiger partial charge in [0.1, 0.15) is 0 Å². The predicted octanol–water partition coefficient (Wildman–Crippen LogP) is 3.13. The molecule has 130 valence electrons. The molecule has 0 saturated carbocycles. The lowest BCUT2D eigenvalue weighted by molar-refractivity contribution is 0.0928. The van der Waals surface area contributed by atoms with Crippen LogP contribution in [0.25, 0.3) is 11.0 Å². The minimum atomic E-state index is -0.218. The summed E-state index contributed by atoms with van der Waals surface area (Å²) in [6, 6.07) is 15.7. The summed E-state index contributed by atoms with van der Waals surface area (Å²) in [5.41, 5.74) is 2.85. The highest BCUT2D eigenvalue weighted by atomic mass is 16.5. The maximum Gasteiger partial charge on any atom is 0.287 e. The summed E-state index contributed by atoms with van der Waals surface area (Å²) < 4.78 is 11.1. The summed E-state index contributed by atoms with van der Waals surface area (Å²) >= 11 is 0. The Bertz CT molecular complexity index is 856. The van der Waals surface area contributed by atoms with Gasteiger partial charge in [0, 0.05) is 18.5 Å². The molecule has 5 nitrogen and oxygen atoms in total. The van der Waals surface area contributed by atoms with Crippen LogP contribution in [0, 0.1) is 0 Å². The standard InChI is InChI=1S/C20H22N2O3/c1-21-13-15-8-9-17(24-2)19-16(15)12-18(25-19)20(23)22-11-10-14-6-4-3-5-7-14/h3-9,12,21H,10-11,13H2,1-2H3,(H,22,23). The van der Waals surface area contributed by atoms with Gasteiger partial charge in [-0.3, -0.25) is 4.79 Å². The number of rotatable bonds is 7. The molecule has 1 amide bonds. The molecular weight excluding hydrogens is 316 g/mol. The van der Waals surface area contributed by atoms with Crippen LogP contribution in [0.2, 0.25) is 0 Å². The van der Waals surface area contributed by atoms with Gasteiger partial charge in [0.2, 0.25) is 0 Å². The van der Waals surface area contributed by atoms with Crippen LogP contribution in [0.5, 0.6) is 5.75 Å². The molecule has 0 spiro atoms. The van der Waals surface area contributed by atoms with Gasteiger partial charge in [-0.25, -0.2) is 0 Å². The normalized spacial score (nSPS) is 10.8. The van der Waals surface area contributed by atoms with Crippen molar-refractivity contribution in [3.63, 3.8) is 0 Å². The first-order valence-corrected chi connectivity index (χ1v) is 8.29. The Kier molecular flexibility index (Phi) is 5.36. The number of fused-ring (bicyclic) bond motifs is 1. The number of ether oxygens (including phenoxy) is 1. The SMILES string of the molecule is CNCc1ccc(OC)c2oc(C(=O)NCCc3ccccc3)cc12. The molecule has 0 radical (unpaired) electrons. The Morgan fingerprint density at radius 3 is 2.68 bits per heavy atom. The summed E-state index contributed by atoms with van der Waals surface area (Å²) in [7, 11) is 3.47. The fourth-order valence-electron chi connectivity index (χ4n) is 2.82. The first-order chi connectivity index (χ1) is 12.2. The van der Waals surface area contributed by atoms with E-state index in [1.54, 1.807) is 13.2 Å². The Morgan fingerprint density at radius 1 is 1.16 bits per heavy atom. The van der Waals surface area contributed by atoms with E-state index in [0.29, 0.717) is 30.2 Å². The molecule has 25 heavy (non-hydrogen) atoms. The second-order valence-corrected chi connectivity index (χ2v) is 5.80. The van der Waals surface area contributed by atoms with Crippen LogP contribution < -0.4 is 15.4 Å². The highest BCUT2D eigenvalue weighted by Crippen LogP contribution is 2.31. The van der Waals surface area contributed by atoms with Crippen molar-refractivity contribution in [2.45, 2.75) is 13.0 Å². The van der Waals surface area contributed by atoms with Gasteiger partial charge in [0.25, 0.3) is 5.91 Å². The molecule has 0 atom stereocenters. The largest absolute Gasteiger partial charge is 0.493 e. The zero-order valence-electron chi connectivity index (χ0n) is 14.5. The average molecular weight is 338 g/mol. The Labute approximate surface area is 147 Å². The van der Waals surface area contributed by atoms with Crippen LogP contribution in [0.15, 0.2) is 52.9 Å². The minimum absolute atomic E-state index is 0.218. The van der Waals surface area contributed by atoms with Crippen LogP contribution in [0.3, 0.4) is 0 Å². The molecule has 0 fully saturated rings. The number of carbonyl (C=O) groups excluding carboxylic acids is 1. The molecule has 0 aliphatic heterocycles. The van der Waals surface area contributed by atoms with E-state index < -0.39 is 0 Å². The molecule has 0 aliphatic rings. The number of benzene rings is 2. The molecule has 3 rings (SSSR count). The van der Waals surface area contributed by atoms with Crippen molar-refractivity contribution in [3.8, 4) is 5.75 Å². The number of carbonyl (C=O) groups is 1. The summed E-state index contributed by atoms with van der Waals surface area (Å²) in [4.78, 5) is 12.4. The van der Waals surface area contributed by atoms with E-state index in [1.165, 1.54) is 5.56 Å². The van der Waals surface area contributed by atoms with E-state index in [4.69, 9.17) is 9.15 Å². The van der Waals surface area contributed by atoms with Gasteiger partial charge in [0.05, 0.1) is 7.11 Å². The lowest BCUT2D eigenvalue weighted by Crippen LogP contribution is -2.25. The number of methoxy groups -OCH3 is 1. The van der Waals surface area contributed by atoms with Crippen molar-refractivity contribution in [1.82, 2.24) is 10.6 Å². The van der Waals surface area contributed by atoms with E-state index in [0.717, 1.165) is 17.4 Å². The highest BCUT2D eigenvalue weighted by Gasteiger charge is 2.17. The molecule has 3 aromatic rings. The van der Waals surface area contributed by atoms with Crippen LogP contribution in [-0.2, 0) is 13.0 Å². The number of nitrogens with one attached hydrogen (secondary N) is 2. The number of hydrogen-bond donors (Lipinski definition) is 2. The molecule has 0 bridgehead atoms. The molecule has 2 aromatic carbocycles. The number of hydrogen-bond acceptors (Lipinski definition) is 4. The maximum atomic E-state index is 12.4. The lowest BCUT2D eigenvalue weighted by Gasteiger charge is -2.05. The zero-order valence-corrected chi connectivity index (χ0v) is 14.5. The summed E-state index contributed by atoms with van der Waals surface area (Å²) in [5.74, 6) is 0.702. The van der Waals surface area contributed by atoms with Crippen LogP contribution in [-0.4, -0.2) is 26.6 Å². The van der Waals surface area contributed by atoms with E-state index in [1.807, 2.05) is 49.5 Å². The fourth-order valence-corrected chi connectivity index (χ4v) is 2.82. The van der Waals surface area contributed by atoms with Gasteiger partial charge in [-0.1, -0.05) is 36.4 Å². The molecule has 0 aliphatic carbocycles. The maximum absolute atomic E-state index is 12.4. The van der Waals surface area contributed by atoms with E-state index in [2.05, 4.69) is 10.6 Å². The number of amides is 1. The quantitative estimate of drug-likeness (QED) is 0.695. The Morgan fingerprint density at radius 2 is 1.96 bits per heavy atom. The average Bonchev–Trinajstić information content (AvgIpc) is 3.09. The molecular formula is C20H22N2O3. The van der Waals surface area contributed by atoms with Gasteiger partial charge in [-0.2, -0.15) is 0 Å². The summed E-state index contributed by atoms with van der Waals surface area (Å²) in [5, 5.41) is 6.92. The molecule has 1 heterocycles. The van der Waals surface area contributed by atoms with Crippen LogP contribution in [0.4, 0.5) is 0 Å². The molecule has 2 N–H and O–H groups in total. The van der Waals surface area contributed by atoms with E-state index >= 15 is 0 Å². The highest BCUT2D eigenvalue weighted by molar-refractivity contribution is 5.98. The Hall–Kier alpha value is -2.79.